The van der Waals surface area contributed by atoms with Gasteiger partial charge in [0.1, 0.15) is 17.8 Å². The molecule has 2 heterocycles. The highest BCUT2D eigenvalue weighted by atomic mass is 19.4. The Bertz CT molecular complexity index is 837. The van der Waals surface area contributed by atoms with Crippen molar-refractivity contribution in [2.45, 2.75) is 19.2 Å². The molecule has 1 aliphatic rings. The van der Waals surface area contributed by atoms with Crippen LogP contribution in [0.25, 0.3) is 0 Å². The second kappa shape index (κ2) is 7.79. The van der Waals surface area contributed by atoms with Crippen LogP contribution in [-0.2, 0) is 4.79 Å². The van der Waals surface area contributed by atoms with Gasteiger partial charge < -0.3 is 25.8 Å². The zero-order valence-electron chi connectivity index (χ0n) is 14.6. The number of alkyl halides is 3. The molecular formula is C17H18F3N5O3. The first-order chi connectivity index (χ1) is 13.2. The van der Waals surface area contributed by atoms with Crippen LogP contribution in [0.5, 0.6) is 5.75 Å². The Hall–Kier alpha value is -3.24. The molecule has 0 bridgehead atoms. The summed E-state index contributed by atoms with van der Waals surface area (Å²) in [6.07, 6.45) is -2.46. The number of carboxylic acid groups (broad SMARTS) is 1. The first-order valence-electron chi connectivity index (χ1n) is 8.44. The van der Waals surface area contributed by atoms with Gasteiger partial charge in [-0.2, -0.15) is 0 Å². The molecule has 1 fully saturated rings. The number of carbonyl (C=O) groups is 1. The fourth-order valence-electron chi connectivity index (χ4n) is 2.95. The molecule has 150 valence electrons. The van der Waals surface area contributed by atoms with E-state index in [-0.39, 0.29) is 17.4 Å². The number of halogens is 3. The summed E-state index contributed by atoms with van der Waals surface area (Å²) >= 11 is 0. The van der Waals surface area contributed by atoms with Crippen molar-refractivity contribution in [3.63, 3.8) is 0 Å². The van der Waals surface area contributed by atoms with E-state index in [1.54, 1.807) is 0 Å². The fraction of sp³-hybridized carbons (Fsp3) is 0.353. The first-order valence-corrected chi connectivity index (χ1v) is 8.44. The standard InChI is InChI=1S/C17H18F3N5O3/c18-17(19,20)28-12-3-1-11(2-4-12)24-14-13(21)15(23-9-22-14)25-7-5-10(6-8-25)16(26)27/h1-4,9-10H,5-8,21H2,(H,26,27)(H,22,23,24). The molecule has 28 heavy (non-hydrogen) atoms. The first kappa shape index (κ1) is 19.5. The zero-order valence-corrected chi connectivity index (χ0v) is 14.6. The number of hydrogen-bond donors (Lipinski definition) is 3. The van der Waals surface area contributed by atoms with Gasteiger partial charge in [0, 0.05) is 18.8 Å². The molecule has 1 aromatic heterocycles. The van der Waals surface area contributed by atoms with Crippen LogP contribution in [0.3, 0.4) is 0 Å². The largest absolute Gasteiger partial charge is 0.573 e. The van der Waals surface area contributed by atoms with E-state index in [0.29, 0.717) is 43.3 Å². The lowest BCUT2D eigenvalue weighted by Crippen LogP contribution is -2.37. The summed E-state index contributed by atoms with van der Waals surface area (Å²) in [4.78, 5) is 21.2. The predicted octanol–water partition coefficient (Wildman–Crippen LogP) is 3.00. The van der Waals surface area contributed by atoms with Crippen molar-refractivity contribution in [1.82, 2.24) is 9.97 Å². The molecule has 0 amide bonds. The van der Waals surface area contributed by atoms with Crippen molar-refractivity contribution in [3.05, 3.63) is 30.6 Å². The molecule has 3 rings (SSSR count). The van der Waals surface area contributed by atoms with Gasteiger partial charge in [-0.1, -0.05) is 0 Å². The monoisotopic (exact) mass is 397 g/mol. The number of hydrogen-bond acceptors (Lipinski definition) is 7. The van der Waals surface area contributed by atoms with Crippen LogP contribution in [0.1, 0.15) is 12.8 Å². The number of rotatable bonds is 5. The maximum Gasteiger partial charge on any atom is 0.573 e. The number of carboxylic acids is 1. The van der Waals surface area contributed by atoms with Gasteiger partial charge in [-0.15, -0.1) is 13.2 Å². The molecular weight excluding hydrogens is 379 g/mol. The van der Waals surface area contributed by atoms with Crippen LogP contribution >= 0.6 is 0 Å². The van der Waals surface area contributed by atoms with Crippen molar-refractivity contribution < 1.29 is 27.8 Å². The maximum atomic E-state index is 12.2. The van der Waals surface area contributed by atoms with Gasteiger partial charge in [-0.25, -0.2) is 9.97 Å². The normalized spacial score (nSPS) is 15.3. The van der Waals surface area contributed by atoms with Crippen LogP contribution in [0.15, 0.2) is 30.6 Å². The lowest BCUT2D eigenvalue weighted by Gasteiger charge is -2.31. The highest BCUT2D eigenvalue weighted by Gasteiger charge is 2.31. The maximum absolute atomic E-state index is 12.2. The van der Waals surface area contributed by atoms with Crippen molar-refractivity contribution in [1.29, 1.82) is 0 Å². The van der Waals surface area contributed by atoms with E-state index in [0.717, 1.165) is 0 Å². The van der Waals surface area contributed by atoms with Crippen molar-refractivity contribution in [2.24, 2.45) is 5.92 Å². The van der Waals surface area contributed by atoms with Gasteiger partial charge in [0.2, 0.25) is 0 Å². The lowest BCUT2D eigenvalue weighted by atomic mass is 9.97. The van der Waals surface area contributed by atoms with Crippen molar-refractivity contribution >= 4 is 29.0 Å². The predicted molar refractivity (Wildman–Crippen MR) is 95.4 cm³/mol. The Morgan fingerprint density at radius 3 is 2.43 bits per heavy atom. The average Bonchev–Trinajstić information content (AvgIpc) is 2.64. The molecule has 0 atom stereocenters. The summed E-state index contributed by atoms with van der Waals surface area (Å²) in [5.74, 6) is -0.742. The van der Waals surface area contributed by atoms with Crippen LogP contribution in [0.4, 0.5) is 36.2 Å². The summed E-state index contributed by atoms with van der Waals surface area (Å²) in [5, 5.41) is 12.0. The number of nitrogen functional groups attached to an aromatic ring is 1. The van der Waals surface area contributed by atoms with Gasteiger partial charge in [-0.3, -0.25) is 4.79 Å². The molecule has 0 unspecified atom stereocenters. The summed E-state index contributed by atoms with van der Waals surface area (Å²) in [7, 11) is 0. The third kappa shape index (κ3) is 4.72. The van der Waals surface area contributed by atoms with E-state index in [2.05, 4.69) is 20.0 Å². The Morgan fingerprint density at radius 1 is 1.21 bits per heavy atom. The van der Waals surface area contributed by atoms with Crippen LogP contribution in [0, 0.1) is 5.92 Å². The van der Waals surface area contributed by atoms with E-state index in [1.165, 1.54) is 30.6 Å². The average molecular weight is 397 g/mol. The van der Waals surface area contributed by atoms with E-state index < -0.39 is 12.3 Å². The van der Waals surface area contributed by atoms with E-state index in [4.69, 9.17) is 10.8 Å². The van der Waals surface area contributed by atoms with E-state index in [9.17, 15) is 18.0 Å². The Kier molecular flexibility index (Phi) is 5.43. The summed E-state index contributed by atoms with van der Waals surface area (Å²) in [6, 6.07) is 5.15. The molecule has 0 aliphatic carbocycles. The molecule has 0 radical (unpaired) electrons. The Morgan fingerprint density at radius 2 is 1.86 bits per heavy atom. The minimum absolute atomic E-state index is 0.270. The van der Waals surface area contributed by atoms with Gasteiger partial charge in [0.15, 0.2) is 11.6 Å². The van der Waals surface area contributed by atoms with Gasteiger partial charge >= 0.3 is 12.3 Å². The molecule has 1 aliphatic heterocycles. The number of piperidine rings is 1. The SMILES string of the molecule is Nc1c(Nc2ccc(OC(F)(F)F)cc2)ncnc1N1CCC(C(=O)O)CC1. The number of ether oxygens (including phenoxy) is 1. The van der Waals surface area contributed by atoms with Gasteiger partial charge in [0.05, 0.1) is 5.92 Å². The number of anilines is 4. The number of nitrogens with zero attached hydrogens (tertiary/aromatic N) is 3. The molecule has 1 saturated heterocycles. The molecule has 11 heteroatoms. The third-order valence-electron chi connectivity index (χ3n) is 4.36. The third-order valence-corrected chi connectivity index (χ3v) is 4.36. The van der Waals surface area contributed by atoms with Gasteiger partial charge in [-0.05, 0) is 37.1 Å². The van der Waals surface area contributed by atoms with Crippen molar-refractivity contribution in [2.75, 3.05) is 29.0 Å². The Balaban J connectivity index is 1.70. The molecule has 4 N–H and O–H groups in total. The smallest absolute Gasteiger partial charge is 0.481 e. The molecule has 8 nitrogen and oxygen atoms in total. The lowest BCUT2D eigenvalue weighted by molar-refractivity contribution is -0.274. The molecule has 2 aromatic rings. The minimum atomic E-state index is -4.75. The summed E-state index contributed by atoms with van der Waals surface area (Å²) < 4.78 is 40.5. The highest BCUT2D eigenvalue weighted by Crippen LogP contribution is 2.32. The van der Waals surface area contributed by atoms with Gasteiger partial charge in [0.25, 0.3) is 0 Å². The number of aromatic nitrogens is 2. The molecule has 0 saturated carbocycles. The number of nitrogens with one attached hydrogen (secondary N) is 1. The Labute approximate surface area is 158 Å². The quantitative estimate of drug-likeness (QED) is 0.706. The number of nitrogens with two attached hydrogens (primary N) is 1. The minimum Gasteiger partial charge on any atom is -0.481 e. The summed E-state index contributed by atoms with van der Waals surface area (Å²) in [6.45, 7) is 1.00. The van der Waals surface area contributed by atoms with Crippen LogP contribution in [-0.4, -0.2) is 40.5 Å². The number of benzene rings is 1. The second-order valence-electron chi connectivity index (χ2n) is 6.26. The topological polar surface area (TPSA) is 114 Å². The highest BCUT2D eigenvalue weighted by molar-refractivity contribution is 5.78. The van der Waals surface area contributed by atoms with Crippen LogP contribution in [0.2, 0.25) is 0 Å². The molecule has 0 spiro atoms. The van der Waals surface area contributed by atoms with Crippen LogP contribution < -0.4 is 20.7 Å². The summed E-state index contributed by atoms with van der Waals surface area (Å²) in [5.41, 5.74) is 6.89. The van der Waals surface area contributed by atoms with E-state index in [1.807, 2.05) is 4.90 Å². The zero-order chi connectivity index (χ0) is 20.3. The molecule has 1 aromatic carbocycles. The fourth-order valence-corrected chi connectivity index (χ4v) is 2.95. The van der Waals surface area contributed by atoms with E-state index >= 15 is 0 Å². The second-order valence-corrected chi connectivity index (χ2v) is 6.26. The van der Waals surface area contributed by atoms with Crippen molar-refractivity contribution in [3.8, 4) is 5.75 Å². The number of aliphatic carboxylic acids is 1.